The highest BCUT2D eigenvalue weighted by atomic mass is 16.6. The summed E-state index contributed by atoms with van der Waals surface area (Å²) in [4.78, 5) is 11.9. The largest absolute Gasteiger partial charge is 0.444 e. The summed E-state index contributed by atoms with van der Waals surface area (Å²) >= 11 is 0. The molecule has 0 aromatic carbocycles. The minimum absolute atomic E-state index is 0.281. The predicted octanol–water partition coefficient (Wildman–Crippen LogP) is 3.95. The molecule has 1 aliphatic heterocycles. The molecule has 1 amide bonds. The third-order valence-corrected chi connectivity index (χ3v) is 4.75. The average molecular weight is 312 g/mol. The van der Waals surface area contributed by atoms with Crippen molar-refractivity contribution in [3.63, 3.8) is 0 Å². The number of hydrogen-bond acceptors (Lipinski definition) is 3. The molecule has 22 heavy (non-hydrogen) atoms. The van der Waals surface area contributed by atoms with Crippen molar-refractivity contribution in [3.8, 4) is 0 Å². The summed E-state index contributed by atoms with van der Waals surface area (Å²) in [6, 6.07) is 0. The molecule has 130 valence electrons. The predicted molar refractivity (Wildman–Crippen MR) is 92.0 cm³/mol. The summed E-state index contributed by atoms with van der Waals surface area (Å²) in [5, 5.41) is 6.44. The van der Waals surface area contributed by atoms with Crippen LogP contribution in [0.1, 0.15) is 66.7 Å². The number of rotatable bonds is 7. The fourth-order valence-electron chi connectivity index (χ4n) is 3.34. The first-order chi connectivity index (χ1) is 10.4. The van der Waals surface area contributed by atoms with Crippen molar-refractivity contribution < 1.29 is 9.53 Å². The maximum atomic E-state index is 11.9. The summed E-state index contributed by atoms with van der Waals surface area (Å²) in [6.45, 7) is 13.2. The zero-order valence-corrected chi connectivity index (χ0v) is 15.2. The van der Waals surface area contributed by atoms with Crippen molar-refractivity contribution in [2.45, 2.75) is 72.3 Å². The van der Waals surface area contributed by atoms with Gasteiger partial charge in [0, 0.05) is 6.54 Å². The first kappa shape index (κ1) is 19.3. The van der Waals surface area contributed by atoms with Gasteiger partial charge in [-0.3, -0.25) is 0 Å². The monoisotopic (exact) mass is 312 g/mol. The van der Waals surface area contributed by atoms with E-state index in [2.05, 4.69) is 24.5 Å². The Morgan fingerprint density at radius 3 is 2.32 bits per heavy atom. The molecule has 4 heteroatoms. The number of alkyl carbamates (subject to hydrolysis) is 1. The molecule has 0 saturated carbocycles. The number of amides is 1. The summed E-state index contributed by atoms with van der Waals surface area (Å²) < 4.78 is 5.37. The number of ether oxygens (including phenoxy) is 1. The molecule has 1 unspecified atom stereocenters. The first-order valence-corrected chi connectivity index (χ1v) is 9.03. The van der Waals surface area contributed by atoms with Gasteiger partial charge in [0.25, 0.3) is 0 Å². The highest BCUT2D eigenvalue weighted by Crippen LogP contribution is 2.29. The molecule has 1 heterocycles. The van der Waals surface area contributed by atoms with E-state index in [1.165, 1.54) is 32.1 Å². The Balaban J connectivity index is 2.55. The van der Waals surface area contributed by atoms with Crippen LogP contribution >= 0.6 is 0 Å². The highest BCUT2D eigenvalue weighted by Gasteiger charge is 2.26. The minimum atomic E-state index is -0.427. The molecule has 1 saturated heterocycles. The van der Waals surface area contributed by atoms with Gasteiger partial charge < -0.3 is 15.4 Å². The molecule has 1 atom stereocenters. The number of hydrogen-bond donors (Lipinski definition) is 2. The van der Waals surface area contributed by atoms with Gasteiger partial charge in [0.1, 0.15) is 5.60 Å². The van der Waals surface area contributed by atoms with Gasteiger partial charge in [0.05, 0.1) is 0 Å². The lowest BCUT2D eigenvalue weighted by atomic mass is 9.78. The first-order valence-electron chi connectivity index (χ1n) is 9.03. The van der Waals surface area contributed by atoms with Crippen molar-refractivity contribution in [2.24, 2.45) is 17.8 Å². The second-order valence-electron chi connectivity index (χ2n) is 7.65. The Bertz CT molecular complexity index is 316. The molecule has 1 aliphatic rings. The standard InChI is InChI=1S/C18H36N2O2/c1-6-14(7-2)12-16(15-8-10-19-11-9-15)13-20-17(21)22-18(3,4)5/h14-16,19H,6-13H2,1-5H3,(H,20,21). The number of nitrogens with one attached hydrogen (secondary N) is 2. The van der Waals surface area contributed by atoms with Crippen LogP contribution in [-0.2, 0) is 4.74 Å². The van der Waals surface area contributed by atoms with E-state index in [1.807, 2.05) is 20.8 Å². The summed E-state index contributed by atoms with van der Waals surface area (Å²) in [6.07, 6.45) is 5.83. The maximum Gasteiger partial charge on any atom is 0.407 e. The number of carbonyl (C=O) groups excluding carboxylic acids is 1. The van der Waals surface area contributed by atoms with E-state index in [0.29, 0.717) is 5.92 Å². The van der Waals surface area contributed by atoms with Crippen LogP contribution in [0.25, 0.3) is 0 Å². The smallest absolute Gasteiger partial charge is 0.407 e. The average Bonchev–Trinajstić information content (AvgIpc) is 2.47. The SMILES string of the molecule is CCC(CC)CC(CNC(=O)OC(C)(C)C)C1CCNCC1. The van der Waals surface area contributed by atoms with Crippen LogP contribution in [0, 0.1) is 17.8 Å². The van der Waals surface area contributed by atoms with E-state index in [9.17, 15) is 4.79 Å². The molecule has 4 nitrogen and oxygen atoms in total. The van der Waals surface area contributed by atoms with Crippen molar-refractivity contribution in [1.29, 1.82) is 0 Å². The lowest BCUT2D eigenvalue weighted by Crippen LogP contribution is -2.40. The van der Waals surface area contributed by atoms with Crippen LogP contribution in [0.15, 0.2) is 0 Å². The number of piperidine rings is 1. The molecule has 1 rings (SSSR count). The highest BCUT2D eigenvalue weighted by molar-refractivity contribution is 5.67. The number of carbonyl (C=O) groups is 1. The summed E-state index contributed by atoms with van der Waals surface area (Å²) in [5.41, 5.74) is -0.427. The summed E-state index contributed by atoms with van der Waals surface area (Å²) in [7, 11) is 0. The van der Waals surface area contributed by atoms with Crippen LogP contribution in [0.4, 0.5) is 4.79 Å². The van der Waals surface area contributed by atoms with Gasteiger partial charge in [-0.2, -0.15) is 0 Å². The molecule has 0 radical (unpaired) electrons. The van der Waals surface area contributed by atoms with Gasteiger partial charge in [0.2, 0.25) is 0 Å². The molecule has 0 aliphatic carbocycles. The topological polar surface area (TPSA) is 50.4 Å². The fourth-order valence-corrected chi connectivity index (χ4v) is 3.34. The van der Waals surface area contributed by atoms with Gasteiger partial charge in [0.15, 0.2) is 0 Å². The second kappa shape index (κ2) is 9.39. The van der Waals surface area contributed by atoms with Gasteiger partial charge in [-0.15, -0.1) is 0 Å². The van der Waals surface area contributed by atoms with E-state index in [0.717, 1.165) is 31.5 Å². The molecule has 0 bridgehead atoms. The maximum absolute atomic E-state index is 11.9. The Labute approximate surface area is 136 Å². The molecule has 2 N–H and O–H groups in total. The fraction of sp³-hybridized carbons (Fsp3) is 0.944. The van der Waals surface area contributed by atoms with Crippen LogP contribution in [-0.4, -0.2) is 31.3 Å². The molecule has 1 fully saturated rings. The van der Waals surface area contributed by atoms with E-state index in [4.69, 9.17) is 4.74 Å². The van der Waals surface area contributed by atoms with Crippen LogP contribution in [0.5, 0.6) is 0 Å². The normalized spacial score (nSPS) is 18.3. The molecule has 0 aromatic rings. The Morgan fingerprint density at radius 2 is 1.82 bits per heavy atom. The van der Waals surface area contributed by atoms with Gasteiger partial charge in [-0.25, -0.2) is 4.79 Å². The molecule has 0 spiro atoms. The lowest BCUT2D eigenvalue weighted by Gasteiger charge is -2.33. The van der Waals surface area contributed by atoms with Crippen molar-refractivity contribution in [3.05, 3.63) is 0 Å². The third kappa shape index (κ3) is 7.48. The Kier molecular flexibility index (Phi) is 8.23. The Morgan fingerprint density at radius 1 is 1.23 bits per heavy atom. The van der Waals surface area contributed by atoms with E-state index >= 15 is 0 Å². The van der Waals surface area contributed by atoms with Gasteiger partial charge >= 0.3 is 6.09 Å². The quantitative estimate of drug-likeness (QED) is 0.748. The van der Waals surface area contributed by atoms with Gasteiger partial charge in [-0.1, -0.05) is 26.7 Å². The van der Waals surface area contributed by atoms with Crippen molar-refractivity contribution in [2.75, 3.05) is 19.6 Å². The zero-order chi connectivity index (χ0) is 16.6. The van der Waals surface area contributed by atoms with Crippen LogP contribution < -0.4 is 10.6 Å². The summed E-state index contributed by atoms with van der Waals surface area (Å²) in [5.74, 6) is 2.05. The second-order valence-corrected chi connectivity index (χ2v) is 7.65. The zero-order valence-electron chi connectivity index (χ0n) is 15.2. The third-order valence-electron chi connectivity index (χ3n) is 4.75. The Hall–Kier alpha value is -0.770. The lowest BCUT2D eigenvalue weighted by molar-refractivity contribution is 0.0505. The van der Waals surface area contributed by atoms with E-state index in [-0.39, 0.29) is 6.09 Å². The minimum Gasteiger partial charge on any atom is -0.444 e. The van der Waals surface area contributed by atoms with Crippen molar-refractivity contribution >= 4 is 6.09 Å². The van der Waals surface area contributed by atoms with Crippen molar-refractivity contribution in [1.82, 2.24) is 10.6 Å². The van der Waals surface area contributed by atoms with Crippen LogP contribution in [0.3, 0.4) is 0 Å². The molecule has 0 aromatic heterocycles. The van der Waals surface area contributed by atoms with Gasteiger partial charge in [-0.05, 0) is 70.9 Å². The molecular weight excluding hydrogens is 276 g/mol. The molecular formula is C18H36N2O2. The van der Waals surface area contributed by atoms with E-state index < -0.39 is 5.60 Å². The van der Waals surface area contributed by atoms with Crippen LogP contribution in [0.2, 0.25) is 0 Å². The van der Waals surface area contributed by atoms with E-state index in [1.54, 1.807) is 0 Å².